The molecule has 0 aromatic heterocycles. The van der Waals surface area contributed by atoms with E-state index in [1.807, 2.05) is 0 Å². The molecule has 57 heavy (non-hydrogen) atoms. The second-order valence-corrected chi connectivity index (χ2v) is 16.2. The minimum absolute atomic E-state index is 0.178. The van der Waals surface area contributed by atoms with Crippen molar-refractivity contribution >= 4 is 5.97 Å². The first kappa shape index (κ1) is 54.8. The highest BCUT2D eigenvalue weighted by molar-refractivity contribution is 5.69. The molecule has 0 heterocycles. The number of hydrogen-bond acceptors (Lipinski definition) is 4. The van der Waals surface area contributed by atoms with Crippen molar-refractivity contribution in [2.75, 3.05) is 19.8 Å². The fraction of sp³-hybridized carbons (Fsp3) is 0.755. The van der Waals surface area contributed by atoms with Crippen LogP contribution in [0, 0.1) is 0 Å². The number of hydrogen-bond donors (Lipinski definition) is 1. The number of rotatable bonds is 45. The summed E-state index contributed by atoms with van der Waals surface area (Å²) in [4.78, 5) is 12.3. The van der Waals surface area contributed by atoms with Crippen molar-refractivity contribution < 1.29 is 19.4 Å². The van der Waals surface area contributed by atoms with Gasteiger partial charge >= 0.3 is 5.97 Å². The number of aliphatic hydroxyl groups is 1. The van der Waals surface area contributed by atoms with Crippen LogP contribution >= 0.6 is 0 Å². The zero-order chi connectivity index (χ0) is 41.2. The molecule has 0 radical (unpaired) electrons. The van der Waals surface area contributed by atoms with E-state index in [1.165, 1.54) is 161 Å². The predicted molar refractivity (Wildman–Crippen MR) is 251 cm³/mol. The summed E-state index contributed by atoms with van der Waals surface area (Å²) in [5.74, 6) is -0.209. The molecule has 4 heteroatoms. The minimum atomic E-state index is -0.543. The summed E-state index contributed by atoms with van der Waals surface area (Å²) in [5.41, 5.74) is 0. The van der Waals surface area contributed by atoms with Gasteiger partial charge in [-0.3, -0.25) is 4.79 Å². The lowest BCUT2D eigenvalue weighted by atomic mass is 10.0. The first-order valence-corrected chi connectivity index (χ1v) is 24.5. The van der Waals surface area contributed by atoms with Crippen molar-refractivity contribution in [2.24, 2.45) is 0 Å². The Labute approximate surface area is 355 Å². The van der Waals surface area contributed by atoms with Crippen LogP contribution in [0.3, 0.4) is 0 Å². The van der Waals surface area contributed by atoms with E-state index in [0.717, 1.165) is 51.4 Å². The molecule has 0 aliphatic heterocycles. The first-order valence-electron chi connectivity index (χ1n) is 24.5. The van der Waals surface area contributed by atoms with E-state index < -0.39 is 6.10 Å². The molecule has 1 atom stereocenters. The van der Waals surface area contributed by atoms with Crippen LogP contribution < -0.4 is 0 Å². The smallest absolute Gasteiger partial charge is 0.306 e. The molecule has 1 N–H and O–H groups in total. The number of ether oxygens (including phenoxy) is 2. The maximum atomic E-state index is 12.3. The summed E-state index contributed by atoms with van der Waals surface area (Å²) in [6.07, 6.45) is 68.4. The third-order valence-electron chi connectivity index (χ3n) is 10.5. The second kappa shape index (κ2) is 50.0. The summed E-state index contributed by atoms with van der Waals surface area (Å²) in [7, 11) is 0. The fourth-order valence-electron chi connectivity index (χ4n) is 6.88. The molecule has 0 saturated heterocycles. The van der Waals surface area contributed by atoms with Crippen LogP contribution in [0.15, 0.2) is 72.9 Å². The van der Waals surface area contributed by atoms with E-state index >= 15 is 0 Å². The van der Waals surface area contributed by atoms with Crippen molar-refractivity contribution in [1.82, 2.24) is 0 Å². The number of aliphatic hydroxyl groups excluding tert-OH is 1. The molecule has 0 rings (SSSR count). The summed E-state index contributed by atoms with van der Waals surface area (Å²) in [6.45, 7) is 5.22. The van der Waals surface area contributed by atoms with Crippen LogP contribution in [-0.4, -0.2) is 37.0 Å². The fourth-order valence-corrected chi connectivity index (χ4v) is 6.88. The Hall–Kier alpha value is -2.17. The van der Waals surface area contributed by atoms with Gasteiger partial charge in [0.2, 0.25) is 0 Å². The molecule has 0 amide bonds. The zero-order valence-electron chi connectivity index (χ0n) is 37.8. The molecule has 0 saturated carbocycles. The van der Waals surface area contributed by atoms with E-state index in [9.17, 15) is 9.90 Å². The van der Waals surface area contributed by atoms with Crippen LogP contribution in [0.1, 0.15) is 232 Å². The molecular formula is C53H94O4. The predicted octanol–water partition coefficient (Wildman–Crippen LogP) is 16.5. The highest BCUT2D eigenvalue weighted by atomic mass is 16.6. The van der Waals surface area contributed by atoms with Gasteiger partial charge in [-0.15, -0.1) is 0 Å². The van der Waals surface area contributed by atoms with Crippen LogP contribution in [0.4, 0.5) is 0 Å². The van der Waals surface area contributed by atoms with E-state index in [0.29, 0.717) is 13.0 Å². The van der Waals surface area contributed by atoms with Crippen molar-refractivity contribution in [1.29, 1.82) is 0 Å². The standard InChI is InChI=1S/C53H94O4/c1-3-5-7-9-11-13-15-17-19-21-23-25-26-27-29-31-33-35-37-39-41-43-45-47-49-56-51-52(50-54)57-53(55)48-46-44-42-40-38-36-34-32-30-28-24-22-20-18-16-14-12-10-8-6-4-2/h6,8,12,14-15,17-18,20-21,23-24,28,52,54H,3-5,7,9-11,13,16,19,22,25-27,29-51H2,1-2H3/b8-6-,14-12-,17-15-,20-18-,23-21-,28-24-. The van der Waals surface area contributed by atoms with Gasteiger partial charge in [-0.05, 0) is 83.5 Å². The lowest BCUT2D eigenvalue weighted by molar-refractivity contribution is -0.154. The molecule has 1 unspecified atom stereocenters. The van der Waals surface area contributed by atoms with Crippen molar-refractivity contribution in [3.05, 3.63) is 72.9 Å². The number of carbonyl (C=O) groups is 1. The van der Waals surface area contributed by atoms with Crippen LogP contribution in [0.25, 0.3) is 0 Å². The topological polar surface area (TPSA) is 55.8 Å². The molecule has 0 aromatic carbocycles. The molecule has 330 valence electrons. The number of unbranched alkanes of at least 4 members (excludes halogenated alkanes) is 25. The summed E-state index contributed by atoms with van der Waals surface area (Å²) < 4.78 is 11.2. The molecule has 0 aliphatic rings. The summed E-state index contributed by atoms with van der Waals surface area (Å²) in [6, 6.07) is 0. The van der Waals surface area contributed by atoms with E-state index in [2.05, 4.69) is 86.8 Å². The minimum Gasteiger partial charge on any atom is -0.457 e. The average molecular weight is 795 g/mol. The van der Waals surface area contributed by atoms with Crippen molar-refractivity contribution in [3.8, 4) is 0 Å². The van der Waals surface area contributed by atoms with Gasteiger partial charge in [-0.1, -0.05) is 215 Å². The van der Waals surface area contributed by atoms with Gasteiger partial charge in [0, 0.05) is 13.0 Å². The van der Waals surface area contributed by atoms with Gasteiger partial charge in [0.1, 0.15) is 6.10 Å². The summed E-state index contributed by atoms with van der Waals surface area (Å²) in [5, 5.41) is 9.64. The van der Waals surface area contributed by atoms with Gasteiger partial charge < -0.3 is 14.6 Å². The molecule has 4 nitrogen and oxygen atoms in total. The monoisotopic (exact) mass is 795 g/mol. The van der Waals surface area contributed by atoms with Crippen molar-refractivity contribution in [2.45, 2.75) is 238 Å². The Bertz CT molecular complexity index is 973. The third-order valence-corrected chi connectivity index (χ3v) is 10.5. The number of carbonyl (C=O) groups excluding carboxylic acids is 1. The Balaban J connectivity index is 3.44. The maximum absolute atomic E-state index is 12.3. The Kier molecular flexibility index (Phi) is 48.1. The molecule has 0 fully saturated rings. The maximum Gasteiger partial charge on any atom is 0.306 e. The van der Waals surface area contributed by atoms with Crippen LogP contribution in [0.5, 0.6) is 0 Å². The summed E-state index contributed by atoms with van der Waals surface area (Å²) >= 11 is 0. The van der Waals surface area contributed by atoms with Gasteiger partial charge in [-0.25, -0.2) is 0 Å². The Morgan fingerprint density at radius 2 is 0.789 bits per heavy atom. The second-order valence-electron chi connectivity index (χ2n) is 16.2. The quantitative estimate of drug-likeness (QED) is 0.0379. The molecule has 0 bridgehead atoms. The lowest BCUT2D eigenvalue weighted by Gasteiger charge is -2.16. The largest absolute Gasteiger partial charge is 0.457 e. The molecule has 0 aliphatic carbocycles. The average Bonchev–Trinajstić information content (AvgIpc) is 3.22. The lowest BCUT2D eigenvalue weighted by Crippen LogP contribution is -2.27. The van der Waals surface area contributed by atoms with E-state index in [4.69, 9.17) is 9.47 Å². The highest BCUT2D eigenvalue weighted by Gasteiger charge is 2.13. The normalized spacial score (nSPS) is 13.0. The third kappa shape index (κ3) is 48.1. The number of allylic oxidation sites excluding steroid dienone is 12. The number of esters is 1. The zero-order valence-corrected chi connectivity index (χ0v) is 37.8. The van der Waals surface area contributed by atoms with Gasteiger partial charge in [0.25, 0.3) is 0 Å². The van der Waals surface area contributed by atoms with Gasteiger partial charge in [-0.2, -0.15) is 0 Å². The highest BCUT2D eigenvalue weighted by Crippen LogP contribution is 2.14. The molecular weight excluding hydrogens is 701 g/mol. The SMILES string of the molecule is CC/C=C\C/C=C\C/C=C\C/C=C\CCCCCCCCCCC(=O)OC(CO)COCCCCCCCCCCCCCC/C=C\C/C=C\CCCCCCC. The Morgan fingerprint density at radius 1 is 0.439 bits per heavy atom. The van der Waals surface area contributed by atoms with Crippen LogP contribution in [0.2, 0.25) is 0 Å². The van der Waals surface area contributed by atoms with Crippen LogP contribution in [-0.2, 0) is 14.3 Å². The van der Waals surface area contributed by atoms with E-state index in [1.54, 1.807) is 0 Å². The first-order chi connectivity index (χ1) is 28.2. The van der Waals surface area contributed by atoms with E-state index in [-0.39, 0.29) is 19.2 Å². The Morgan fingerprint density at radius 3 is 1.19 bits per heavy atom. The molecule has 0 aromatic rings. The van der Waals surface area contributed by atoms with Crippen molar-refractivity contribution in [3.63, 3.8) is 0 Å². The molecule has 0 spiro atoms. The van der Waals surface area contributed by atoms with Gasteiger partial charge in [0.15, 0.2) is 0 Å². The van der Waals surface area contributed by atoms with Gasteiger partial charge in [0.05, 0.1) is 13.2 Å².